The molecule has 0 radical (unpaired) electrons. The van der Waals surface area contributed by atoms with Crippen LogP contribution in [-0.4, -0.2) is 10.9 Å². The van der Waals surface area contributed by atoms with Crippen LogP contribution in [0.3, 0.4) is 0 Å². The van der Waals surface area contributed by atoms with Crippen molar-refractivity contribution >= 4 is 28.0 Å². The standard InChI is InChI=1S/C22H17FN2OS/c23-18-9-4-7-16(11-18)22-25-19(14-27-22)12-21(26)24-13-17-8-3-6-15-5-1-2-10-20(15)17/h1-11,14H,12-13H2,(H,24,26). The van der Waals surface area contributed by atoms with Crippen LogP contribution in [0, 0.1) is 5.82 Å². The van der Waals surface area contributed by atoms with Crippen LogP contribution in [0.5, 0.6) is 0 Å². The Morgan fingerprint density at radius 3 is 2.74 bits per heavy atom. The molecule has 1 N–H and O–H groups in total. The van der Waals surface area contributed by atoms with E-state index in [1.54, 1.807) is 6.07 Å². The van der Waals surface area contributed by atoms with Crippen molar-refractivity contribution in [3.8, 4) is 10.6 Å². The molecule has 27 heavy (non-hydrogen) atoms. The Labute approximate surface area is 160 Å². The van der Waals surface area contributed by atoms with Gasteiger partial charge in [0.15, 0.2) is 0 Å². The first-order valence-corrected chi connectivity index (χ1v) is 9.51. The number of carbonyl (C=O) groups excluding carboxylic acids is 1. The smallest absolute Gasteiger partial charge is 0.226 e. The van der Waals surface area contributed by atoms with E-state index < -0.39 is 0 Å². The largest absolute Gasteiger partial charge is 0.352 e. The van der Waals surface area contributed by atoms with Crippen LogP contribution in [0.25, 0.3) is 21.3 Å². The van der Waals surface area contributed by atoms with Gasteiger partial charge in [-0.1, -0.05) is 54.6 Å². The molecule has 4 rings (SSSR count). The second-order valence-electron chi connectivity index (χ2n) is 6.25. The molecule has 3 nitrogen and oxygen atoms in total. The highest BCUT2D eigenvalue weighted by Crippen LogP contribution is 2.24. The Hall–Kier alpha value is -3.05. The molecule has 134 valence electrons. The highest BCUT2D eigenvalue weighted by Gasteiger charge is 2.10. The van der Waals surface area contributed by atoms with Crippen molar-refractivity contribution in [3.05, 3.63) is 89.2 Å². The number of nitrogens with one attached hydrogen (secondary N) is 1. The molecule has 0 saturated heterocycles. The molecule has 0 spiro atoms. The number of benzene rings is 3. The summed E-state index contributed by atoms with van der Waals surface area (Å²) in [6.45, 7) is 0.473. The van der Waals surface area contributed by atoms with E-state index in [4.69, 9.17) is 0 Å². The Balaban J connectivity index is 1.41. The third-order valence-corrected chi connectivity index (χ3v) is 5.26. The van der Waals surface area contributed by atoms with E-state index in [2.05, 4.69) is 28.5 Å². The van der Waals surface area contributed by atoms with E-state index in [1.165, 1.54) is 23.5 Å². The zero-order valence-electron chi connectivity index (χ0n) is 14.5. The van der Waals surface area contributed by atoms with Crippen molar-refractivity contribution in [2.24, 2.45) is 0 Å². The van der Waals surface area contributed by atoms with Crippen molar-refractivity contribution in [2.75, 3.05) is 0 Å². The normalized spacial score (nSPS) is 10.9. The molecule has 0 aliphatic rings. The Kier molecular flexibility index (Phi) is 4.94. The van der Waals surface area contributed by atoms with Crippen LogP contribution in [0.1, 0.15) is 11.3 Å². The average Bonchev–Trinajstić information content (AvgIpc) is 3.15. The molecular formula is C22H17FN2OS. The van der Waals surface area contributed by atoms with Crippen LogP contribution in [0.4, 0.5) is 4.39 Å². The van der Waals surface area contributed by atoms with Gasteiger partial charge in [-0.2, -0.15) is 0 Å². The summed E-state index contributed by atoms with van der Waals surface area (Å²) >= 11 is 1.41. The third-order valence-electron chi connectivity index (χ3n) is 4.32. The fourth-order valence-corrected chi connectivity index (χ4v) is 3.83. The molecule has 0 unspecified atom stereocenters. The second-order valence-corrected chi connectivity index (χ2v) is 7.10. The molecule has 0 atom stereocenters. The first-order chi connectivity index (χ1) is 13.2. The SMILES string of the molecule is O=C(Cc1csc(-c2cccc(F)c2)n1)NCc1cccc2ccccc12. The van der Waals surface area contributed by atoms with Crippen LogP contribution in [0.15, 0.2) is 72.1 Å². The number of hydrogen-bond acceptors (Lipinski definition) is 3. The molecule has 1 heterocycles. The monoisotopic (exact) mass is 376 g/mol. The minimum atomic E-state index is -0.294. The second kappa shape index (κ2) is 7.68. The van der Waals surface area contributed by atoms with Gasteiger partial charge in [-0.25, -0.2) is 9.37 Å². The highest BCUT2D eigenvalue weighted by molar-refractivity contribution is 7.13. The number of fused-ring (bicyclic) bond motifs is 1. The summed E-state index contributed by atoms with van der Waals surface area (Å²) in [6, 6.07) is 20.5. The number of nitrogens with zero attached hydrogens (tertiary/aromatic N) is 1. The number of aromatic nitrogens is 1. The number of hydrogen-bond donors (Lipinski definition) is 1. The first-order valence-electron chi connectivity index (χ1n) is 8.63. The summed E-state index contributed by atoms with van der Waals surface area (Å²) in [5.41, 5.74) is 2.50. The number of halogens is 1. The lowest BCUT2D eigenvalue weighted by atomic mass is 10.0. The number of amides is 1. The van der Waals surface area contributed by atoms with Gasteiger partial charge in [0.2, 0.25) is 5.91 Å². The van der Waals surface area contributed by atoms with Crippen molar-refractivity contribution < 1.29 is 9.18 Å². The van der Waals surface area contributed by atoms with E-state index in [0.717, 1.165) is 21.9 Å². The van der Waals surface area contributed by atoms with Crippen LogP contribution in [-0.2, 0) is 17.8 Å². The van der Waals surface area contributed by atoms with Gasteiger partial charge in [-0.15, -0.1) is 11.3 Å². The summed E-state index contributed by atoms with van der Waals surface area (Å²) in [7, 11) is 0. The molecule has 0 saturated carbocycles. The van der Waals surface area contributed by atoms with Crippen molar-refractivity contribution in [3.63, 3.8) is 0 Å². The third kappa shape index (κ3) is 4.04. The van der Waals surface area contributed by atoms with E-state index in [0.29, 0.717) is 17.2 Å². The molecule has 0 bridgehead atoms. The van der Waals surface area contributed by atoms with Crippen LogP contribution in [0.2, 0.25) is 0 Å². The van der Waals surface area contributed by atoms with E-state index in [1.807, 2.05) is 35.7 Å². The maximum atomic E-state index is 13.4. The van der Waals surface area contributed by atoms with Crippen molar-refractivity contribution in [1.82, 2.24) is 10.3 Å². The van der Waals surface area contributed by atoms with Crippen LogP contribution < -0.4 is 5.32 Å². The minimum absolute atomic E-state index is 0.0842. The Bertz CT molecular complexity index is 1100. The molecule has 1 aromatic heterocycles. The molecule has 1 amide bonds. The van der Waals surface area contributed by atoms with E-state index in [9.17, 15) is 9.18 Å². The maximum absolute atomic E-state index is 13.4. The quantitative estimate of drug-likeness (QED) is 0.535. The maximum Gasteiger partial charge on any atom is 0.226 e. The fourth-order valence-electron chi connectivity index (χ4n) is 3.01. The lowest BCUT2D eigenvalue weighted by Crippen LogP contribution is -2.24. The van der Waals surface area contributed by atoms with Gasteiger partial charge in [0.25, 0.3) is 0 Å². The highest BCUT2D eigenvalue weighted by atomic mass is 32.1. The summed E-state index contributed by atoms with van der Waals surface area (Å²) in [5.74, 6) is -0.379. The van der Waals surface area contributed by atoms with Gasteiger partial charge in [-0.05, 0) is 28.5 Å². The number of carbonyl (C=O) groups is 1. The van der Waals surface area contributed by atoms with Gasteiger partial charge >= 0.3 is 0 Å². The molecule has 0 fully saturated rings. The Morgan fingerprint density at radius 2 is 1.85 bits per heavy atom. The molecule has 0 aliphatic carbocycles. The first kappa shape index (κ1) is 17.4. The summed E-state index contributed by atoms with van der Waals surface area (Å²) in [4.78, 5) is 16.8. The Morgan fingerprint density at radius 1 is 1.04 bits per heavy atom. The zero-order valence-corrected chi connectivity index (χ0v) is 15.3. The van der Waals surface area contributed by atoms with E-state index in [-0.39, 0.29) is 18.1 Å². The average molecular weight is 376 g/mol. The van der Waals surface area contributed by atoms with Gasteiger partial charge in [0.05, 0.1) is 12.1 Å². The van der Waals surface area contributed by atoms with Gasteiger partial charge in [-0.3, -0.25) is 4.79 Å². The molecular weight excluding hydrogens is 359 g/mol. The van der Waals surface area contributed by atoms with E-state index >= 15 is 0 Å². The summed E-state index contributed by atoms with van der Waals surface area (Å²) in [5, 5.41) is 7.82. The van der Waals surface area contributed by atoms with Crippen molar-refractivity contribution in [1.29, 1.82) is 0 Å². The lowest BCUT2D eigenvalue weighted by Gasteiger charge is -2.08. The summed E-state index contributed by atoms with van der Waals surface area (Å²) in [6.07, 6.45) is 0.205. The number of thiazole rings is 1. The van der Waals surface area contributed by atoms with Crippen LogP contribution >= 0.6 is 11.3 Å². The molecule has 4 aromatic rings. The minimum Gasteiger partial charge on any atom is -0.352 e. The number of rotatable bonds is 5. The molecule has 0 aliphatic heterocycles. The van der Waals surface area contributed by atoms with Gasteiger partial charge in [0.1, 0.15) is 10.8 Å². The predicted octanol–water partition coefficient (Wildman–Crippen LogP) is 4.96. The zero-order chi connectivity index (χ0) is 18.6. The lowest BCUT2D eigenvalue weighted by molar-refractivity contribution is -0.120. The molecule has 3 aromatic carbocycles. The summed E-state index contributed by atoms with van der Waals surface area (Å²) < 4.78 is 13.4. The molecule has 5 heteroatoms. The topological polar surface area (TPSA) is 42.0 Å². The fraction of sp³-hybridized carbons (Fsp3) is 0.0909. The predicted molar refractivity (Wildman–Crippen MR) is 107 cm³/mol. The van der Waals surface area contributed by atoms with Crippen molar-refractivity contribution in [2.45, 2.75) is 13.0 Å². The van der Waals surface area contributed by atoms with Gasteiger partial charge < -0.3 is 5.32 Å². The van der Waals surface area contributed by atoms with Gasteiger partial charge in [0, 0.05) is 17.5 Å².